The quantitative estimate of drug-likeness (QED) is 0.898. The molecular weight excluding hydrogens is 275 g/mol. The maximum Gasteiger partial charge on any atom is 0.303 e. The molecule has 1 aromatic carbocycles. The highest BCUT2D eigenvalue weighted by Gasteiger charge is 2.08. The topological polar surface area (TPSA) is 37.3 Å². The zero-order valence-electron chi connectivity index (χ0n) is 9.04. The Labute approximate surface area is 103 Å². The molecule has 0 amide bonds. The van der Waals surface area contributed by atoms with Crippen molar-refractivity contribution in [3.05, 3.63) is 34.1 Å². The Morgan fingerprint density at radius 3 is 2.81 bits per heavy atom. The molecule has 0 aliphatic rings. The van der Waals surface area contributed by atoms with E-state index in [1.54, 1.807) is 12.1 Å². The first kappa shape index (κ1) is 13.2. The maximum absolute atomic E-state index is 12.9. The van der Waals surface area contributed by atoms with Crippen molar-refractivity contribution in [2.75, 3.05) is 0 Å². The second kappa shape index (κ2) is 5.99. The summed E-state index contributed by atoms with van der Waals surface area (Å²) in [5, 5.41) is 8.60. The van der Waals surface area contributed by atoms with Crippen LogP contribution in [0.1, 0.15) is 25.3 Å². The van der Waals surface area contributed by atoms with Gasteiger partial charge in [-0.25, -0.2) is 4.39 Å². The predicted molar refractivity (Wildman–Crippen MR) is 63.8 cm³/mol. The molecule has 1 rings (SSSR count). The lowest BCUT2D eigenvalue weighted by atomic mass is 9.98. The number of rotatable bonds is 5. The van der Waals surface area contributed by atoms with Gasteiger partial charge in [0.2, 0.25) is 0 Å². The highest BCUT2D eigenvalue weighted by atomic mass is 79.9. The van der Waals surface area contributed by atoms with Crippen molar-refractivity contribution in [3.8, 4) is 0 Å². The fourth-order valence-corrected chi connectivity index (χ4v) is 1.93. The van der Waals surface area contributed by atoms with Gasteiger partial charge >= 0.3 is 5.97 Å². The van der Waals surface area contributed by atoms with Crippen LogP contribution in [0.25, 0.3) is 0 Å². The first-order valence-electron chi connectivity index (χ1n) is 5.14. The monoisotopic (exact) mass is 288 g/mol. The van der Waals surface area contributed by atoms with E-state index in [1.807, 2.05) is 6.92 Å². The van der Waals surface area contributed by atoms with E-state index in [0.717, 1.165) is 18.4 Å². The molecule has 1 aromatic rings. The highest BCUT2D eigenvalue weighted by Crippen LogP contribution is 2.19. The van der Waals surface area contributed by atoms with Gasteiger partial charge in [0, 0.05) is 6.42 Å². The molecule has 88 valence electrons. The second-order valence-electron chi connectivity index (χ2n) is 3.99. The lowest BCUT2D eigenvalue weighted by Crippen LogP contribution is -2.05. The van der Waals surface area contributed by atoms with Gasteiger partial charge in [-0.2, -0.15) is 0 Å². The molecular formula is C12H14BrFO2. The molecule has 16 heavy (non-hydrogen) atoms. The largest absolute Gasteiger partial charge is 0.481 e. The molecule has 1 unspecified atom stereocenters. The van der Waals surface area contributed by atoms with Gasteiger partial charge in [0.05, 0.1) is 4.47 Å². The van der Waals surface area contributed by atoms with Crippen LogP contribution in [0, 0.1) is 11.7 Å². The summed E-state index contributed by atoms with van der Waals surface area (Å²) in [4.78, 5) is 10.5. The third kappa shape index (κ3) is 4.31. The van der Waals surface area contributed by atoms with Gasteiger partial charge < -0.3 is 5.11 Å². The van der Waals surface area contributed by atoms with E-state index in [9.17, 15) is 9.18 Å². The lowest BCUT2D eigenvalue weighted by molar-refractivity contribution is -0.138. The van der Waals surface area contributed by atoms with Gasteiger partial charge in [-0.15, -0.1) is 0 Å². The van der Waals surface area contributed by atoms with Crippen molar-refractivity contribution in [3.63, 3.8) is 0 Å². The van der Waals surface area contributed by atoms with Crippen molar-refractivity contribution >= 4 is 21.9 Å². The van der Waals surface area contributed by atoms with E-state index in [-0.39, 0.29) is 18.2 Å². The van der Waals surface area contributed by atoms with Gasteiger partial charge in [-0.3, -0.25) is 4.79 Å². The number of aryl methyl sites for hydroxylation is 1. The van der Waals surface area contributed by atoms with Crippen molar-refractivity contribution in [2.24, 2.45) is 5.92 Å². The van der Waals surface area contributed by atoms with Crippen LogP contribution in [0.5, 0.6) is 0 Å². The molecule has 0 aliphatic carbocycles. The van der Waals surface area contributed by atoms with E-state index < -0.39 is 5.97 Å². The van der Waals surface area contributed by atoms with E-state index in [1.165, 1.54) is 6.07 Å². The van der Waals surface area contributed by atoms with Crippen molar-refractivity contribution < 1.29 is 14.3 Å². The standard InChI is InChI=1S/C12H14BrFO2/c1-8(6-12(15)16)2-3-9-4-5-11(14)10(13)7-9/h4-5,7-8H,2-3,6H2,1H3,(H,15,16). The number of halogens is 2. The Morgan fingerprint density at radius 2 is 2.25 bits per heavy atom. The molecule has 0 aliphatic heterocycles. The summed E-state index contributed by atoms with van der Waals surface area (Å²) in [7, 11) is 0. The Kier molecular flexibility index (Phi) is 4.93. The van der Waals surface area contributed by atoms with Crippen LogP contribution in [-0.2, 0) is 11.2 Å². The summed E-state index contributed by atoms with van der Waals surface area (Å²) in [6.45, 7) is 1.91. The van der Waals surface area contributed by atoms with Gasteiger partial charge in [0.25, 0.3) is 0 Å². The van der Waals surface area contributed by atoms with Gasteiger partial charge in [0.15, 0.2) is 0 Å². The Balaban J connectivity index is 2.48. The first-order valence-corrected chi connectivity index (χ1v) is 5.94. The molecule has 0 heterocycles. The first-order chi connectivity index (χ1) is 7.49. The highest BCUT2D eigenvalue weighted by molar-refractivity contribution is 9.10. The van der Waals surface area contributed by atoms with Crippen LogP contribution in [0.3, 0.4) is 0 Å². The fraction of sp³-hybridized carbons (Fsp3) is 0.417. The summed E-state index contributed by atoms with van der Waals surface area (Å²) < 4.78 is 13.4. The number of hydrogen-bond acceptors (Lipinski definition) is 1. The minimum Gasteiger partial charge on any atom is -0.481 e. The summed E-state index contributed by atoms with van der Waals surface area (Å²) in [6, 6.07) is 4.89. The Morgan fingerprint density at radius 1 is 1.56 bits per heavy atom. The molecule has 0 fully saturated rings. The van der Waals surface area contributed by atoms with E-state index >= 15 is 0 Å². The van der Waals surface area contributed by atoms with Crippen LogP contribution >= 0.6 is 15.9 Å². The average molecular weight is 289 g/mol. The average Bonchev–Trinajstić information content (AvgIpc) is 2.19. The molecule has 0 saturated heterocycles. The minimum absolute atomic E-state index is 0.140. The minimum atomic E-state index is -0.771. The summed E-state index contributed by atoms with van der Waals surface area (Å²) in [5.74, 6) is -0.906. The van der Waals surface area contributed by atoms with Crippen molar-refractivity contribution in [1.82, 2.24) is 0 Å². The molecule has 0 aromatic heterocycles. The third-order valence-electron chi connectivity index (χ3n) is 2.43. The number of hydrogen-bond donors (Lipinski definition) is 1. The number of carboxylic acids is 1. The van der Waals surface area contributed by atoms with E-state index in [2.05, 4.69) is 15.9 Å². The van der Waals surface area contributed by atoms with Gasteiger partial charge in [0.1, 0.15) is 5.82 Å². The fourth-order valence-electron chi connectivity index (χ4n) is 1.51. The number of benzene rings is 1. The third-order valence-corrected chi connectivity index (χ3v) is 3.04. The number of carboxylic acid groups (broad SMARTS) is 1. The normalized spacial score (nSPS) is 12.4. The number of carbonyl (C=O) groups is 1. The van der Waals surface area contributed by atoms with Crippen LogP contribution in [-0.4, -0.2) is 11.1 Å². The molecule has 0 saturated carbocycles. The molecule has 0 bridgehead atoms. The van der Waals surface area contributed by atoms with Crippen molar-refractivity contribution in [1.29, 1.82) is 0 Å². The second-order valence-corrected chi connectivity index (χ2v) is 4.84. The summed E-state index contributed by atoms with van der Waals surface area (Å²) >= 11 is 3.12. The SMILES string of the molecule is CC(CCc1ccc(F)c(Br)c1)CC(=O)O. The lowest BCUT2D eigenvalue weighted by Gasteiger charge is -2.08. The Bertz CT molecular complexity index is 379. The van der Waals surface area contributed by atoms with Crippen LogP contribution < -0.4 is 0 Å². The van der Waals surface area contributed by atoms with Crippen LogP contribution in [0.15, 0.2) is 22.7 Å². The number of aliphatic carboxylic acids is 1. The predicted octanol–water partition coefficient (Wildman–Crippen LogP) is 3.63. The van der Waals surface area contributed by atoms with E-state index in [0.29, 0.717) is 4.47 Å². The molecule has 1 N–H and O–H groups in total. The molecule has 1 atom stereocenters. The summed E-state index contributed by atoms with van der Waals surface area (Å²) in [6.07, 6.45) is 1.75. The Hall–Kier alpha value is -0.900. The van der Waals surface area contributed by atoms with Gasteiger partial charge in [-0.05, 0) is 52.4 Å². The molecule has 2 nitrogen and oxygen atoms in total. The zero-order valence-corrected chi connectivity index (χ0v) is 10.6. The summed E-state index contributed by atoms with van der Waals surface area (Å²) in [5.41, 5.74) is 1.02. The van der Waals surface area contributed by atoms with E-state index in [4.69, 9.17) is 5.11 Å². The maximum atomic E-state index is 12.9. The van der Waals surface area contributed by atoms with Crippen molar-refractivity contribution in [2.45, 2.75) is 26.2 Å². The zero-order chi connectivity index (χ0) is 12.1. The molecule has 0 spiro atoms. The molecule has 0 radical (unpaired) electrons. The van der Waals surface area contributed by atoms with Crippen LogP contribution in [0.4, 0.5) is 4.39 Å². The van der Waals surface area contributed by atoms with Gasteiger partial charge in [-0.1, -0.05) is 13.0 Å². The van der Waals surface area contributed by atoms with Crippen LogP contribution in [0.2, 0.25) is 0 Å². The smallest absolute Gasteiger partial charge is 0.303 e. The molecule has 4 heteroatoms.